The van der Waals surface area contributed by atoms with E-state index in [1.165, 1.54) is 135 Å². The molecule has 29 heavy (non-hydrogen) atoms. The molecule has 0 aliphatic heterocycles. The summed E-state index contributed by atoms with van der Waals surface area (Å²) >= 11 is 0. The lowest BCUT2D eigenvalue weighted by Gasteiger charge is -2.11. The molecule has 1 atom stereocenters. The molecule has 0 nitrogen and oxygen atoms in total. The first-order valence-electron chi connectivity index (χ1n) is 13.5. The Morgan fingerprint density at radius 1 is 0.448 bits per heavy atom. The van der Waals surface area contributed by atoms with Gasteiger partial charge < -0.3 is 0 Å². The fraction of sp³-hybridized carbons (Fsp3) is 0.862. The van der Waals surface area contributed by atoms with Crippen molar-refractivity contribution in [3.8, 4) is 0 Å². The molecule has 0 rings (SSSR count). The average molecular weight is 405 g/mol. The summed E-state index contributed by atoms with van der Waals surface area (Å²) in [5.74, 6) is 0.947. The van der Waals surface area contributed by atoms with Crippen molar-refractivity contribution in [2.75, 3.05) is 0 Å². The number of rotatable bonds is 24. The van der Waals surface area contributed by atoms with Crippen LogP contribution in [-0.4, -0.2) is 0 Å². The minimum Gasteiger partial charge on any atom is -0.0885 e. The van der Waals surface area contributed by atoms with E-state index >= 15 is 0 Å². The molecule has 172 valence electrons. The summed E-state index contributed by atoms with van der Waals surface area (Å²) < 4.78 is 0. The van der Waals surface area contributed by atoms with Crippen LogP contribution in [0.25, 0.3) is 0 Å². The molecule has 0 saturated heterocycles. The lowest BCUT2D eigenvalue weighted by molar-refractivity contribution is 0.432. The summed E-state index contributed by atoms with van der Waals surface area (Å²) in [4.78, 5) is 0. The van der Waals surface area contributed by atoms with E-state index < -0.39 is 0 Å². The van der Waals surface area contributed by atoms with Gasteiger partial charge >= 0.3 is 0 Å². The van der Waals surface area contributed by atoms with Gasteiger partial charge in [-0.05, 0) is 31.6 Å². The summed E-state index contributed by atoms with van der Waals surface area (Å²) in [6, 6.07) is 0. The average Bonchev–Trinajstić information content (AvgIpc) is 2.72. The normalized spacial score (nSPS) is 12.8. The van der Waals surface area contributed by atoms with Crippen LogP contribution >= 0.6 is 0 Å². The van der Waals surface area contributed by atoms with Gasteiger partial charge in [-0.2, -0.15) is 0 Å². The topological polar surface area (TPSA) is 0 Å². The maximum Gasteiger partial charge on any atom is -0.0351 e. The van der Waals surface area contributed by atoms with Crippen molar-refractivity contribution in [3.63, 3.8) is 0 Å². The zero-order chi connectivity index (χ0) is 21.3. The van der Waals surface area contributed by atoms with E-state index in [1.807, 2.05) is 0 Å². The summed E-state index contributed by atoms with van der Waals surface area (Å²) in [5, 5.41) is 0. The molecule has 0 spiro atoms. The summed E-state index contributed by atoms with van der Waals surface area (Å²) in [7, 11) is 0. The molecule has 0 aromatic rings. The van der Waals surface area contributed by atoms with Crippen molar-refractivity contribution in [2.24, 2.45) is 5.92 Å². The van der Waals surface area contributed by atoms with Gasteiger partial charge in [-0.15, -0.1) is 0 Å². The number of hydrogen-bond donors (Lipinski definition) is 0. The Balaban J connectivity index is 3.13. The largest absolute Gasteiger partial charge is 0.0885 e. The van der Waals surface area contributed by atoms with E-state index in [2.05, 4.69) is 32.9 Å². The highest BCUT2D eigenvalue weighted by Gasteiger charge is 2.02. The Labute approximate surface area is 186 Å². The Bertz CT molecular complexity index is 303. The molecule has 0 amide bonds. The van der Waals surface area contributed by atoms with E-state index in [1.54, 1.807) is 0 Å². The number of allylic oxidation sites excluding steroid dienone is 2. The predicted molar refractivity (Wildman–Crippen MR) is 135 cm³/mol. The molecule has 0 bridgehead atoms. The molecule has 0 saturated carbocycles. The van der Waals surface area contributed by atoms with Crippen LogP contribution in [0.4, 0.5) is 0 Å². The van der Waals surface area contributed by atoms with Gasteiger partial charge in [0.1, 0.15) is 0 Å². The predicted octanol–water partition coefficient (Wildman–Crippen LogP) is 10.8. The van der Waals surface area contributed by atoms with Gasteiger partial charge in [0.2, 0.25) is 0 Å². The first-order valence-corrected chi connectivity index (χ1v) is 13.5. The van der Waals surface area contributed by atoms with Crippen LogP contribution in [0.15, 0.2) is 12.2 Å². The molecule has 0 aliphatic carbocycles. The van der Waals surface area contributed by atoms with Gasteiger partial charge in [0, 0.05) is 0 Å². The fourth-order valence-corrected chi connectivity index (χ4v) is 4.19. The second-order valence-electron chi connectivity index (χ2n) is 9.45. The maximum absolute atomic E-state index is 3.93. The van der Waals surface area contributed by atoms with Crippen LogP contribution in [0.2, 0.25) is 0 Å². The van der Waals surface area contributed by atoms with Gasteiger partial charge in [0.25, 0.3) is 0 Å². The molecule has 0 aromatic heterocycles. The van der Waals surface area contributed by atoms with E-state index in [0.29, 0.717) is 0 Å². The minimum atomic E-state index is 0.947. The molecule has 0 N–H and O–H groups in total. The highest BCUT2D eigenvalue weighted by atomic mass is 14.1. The Hall–Kier alpha value is -0.260. The third-order valence-electron chi connectivity index (χ3n) is 6.30. The highest BCUT2D eigenvalue weighted by Crippen LogP contribution is 2.18. The van der Waals surface area contributed by atoms with Crippen LogP contribution in [0.3, 0.4) is 0 Å². The smallest absolute Gasteiger partial charge is 0.0351 e. The first-order chi connectivity index (χ1) is 14.3. The SMILES string of the molecule is [CH2]CCCCCC=CCCCCCCCCCCCCC(C)CCCCCC[CH2]. The molecule has 0 aliphatic rings. The van der Waals surface area contributed by atoms with E-state index in [-0.39, 0.29) is 0 Å². The molecular weight excluding hydrogens is 348 g/mol. The van der Waals surface area contributed by atoms with Crippen LogP contribution in [0, 0.1) is 19.8 Å². The Morgan fingerprint density at radius 3 is 1.17 bits per heavy atom. The standard InChI is InChI=1S/C29H56/c1-4-6-8-10-11-12-13-14-15-16-17-18-19-20-21-22-24-26-28-29(3)27-25-23-9-7-5-2/h12-13,29H,1-2,4-11,14-28H2,3H3. The number of unbranched alkanes of at least 4 members (excludes halogenated alkanes) is 18. The van der Waals surface area contributed by atoms with E-state index in [0.717, 1.165) is 18.8 Å². The molecule has 0 heterocycles. The van der Waals surface area contributed by atoms with Crippen molar-refractivity contribution in [1.82, 2.24) is 0 Å². The van der Waals surface area contributed by atoms with Crippen LogP contribution in [0.1, 0.15) is 155 Å². The van der Waals surface area contributed by atoms with Gasteiger partial charge in [-0.3, -0.25) is 0 Å². The van der Waals surface area contributed by atoms with E-state index in [4.69, 9.17) is 0 Å². The minimum absolute atomic E-state index is 0.947. The monoisotopic (exact) mass is 404 g/mol. The molecule has 1 unspecified atom stereocenters. The Kier molecular flexibility index (Phi) is 25.5. The van der Waals surface area contributed by atoms with E-state index in [9.17, 15) is 0 Å². The number of hydrogen-bond acceptors (Lipinski definition) is 0. The zero-order valence-electron chi connectivity index (χ0n) is 20.4. The highest BCUT2D eigenvalue weighted by molar-refractivity contribution is 4.81. The third kappa shape index (κ3) is 25.7. The fourth-order valence-electron chi connectivity index (χ4n) is 4.19. The molecule has 2 radical (unpaired) electrons. The van der Waals surface area contributed by atoms with Gasteiger partial charge in [0.05, 0.1) is 0 Å². The lowest BCUT2D eigenvalue weighted by Crippen LogP contribution is -1.95. The molecule has 0 fully saturated rings. The van der Waals surface area contributed by atoms with Gasteiger partial charge in [0.15, 0.2) is 0 Å². The quantitative estimate of drug-likeness (QED) is 0.111. The summed E-state index contributed by atoms with van der Waals surface area (Å²) in [6.45, 7) is 10.3. The Morgan fingerprint density at radius 2 is 0.759 bits per heavy atom. The first kappa shape index (κ1) is 28.7. The summed E-state index contributed by atoms with van der Waals surface area (Å²) in [6.07, 6.45) is 36.6. The lowest BCUT2D eigenvalue weighted by atomic mass is 9.96. The molecular formula is C29H56. The van der Waals surface area contributed by atoms with Crippen molar-refractivity contribution in [2.45, 2.75) is 155 Å². The summed E-state index contributed by atoms with van der Waals surface area (Å²) in [5.41, 5.74) is 0. The second kappa shape index (κ2) is 25.8. The third-order valence-corrected chi connectivity index (χ3v) is 6.30. The van der Waals surface area contributed by atoms with Crippen molar-refractivity contribution < 1.29 is 0 Å². The van der Waals surface area contributed by atoms with Gasteiger partial charge in [-0.1, -0.05) is 155 Å². The molecule has 0 aromatic carbocycles. The zero-order valence-corrected chi connectivity index (χ0v) is 20.4. The van der Waals surface area contributed by atoms with Crippen molar-refractivity contribution in [3.05, 3.63) is 26.0 Å². The van der Waals surface area contributed by atoms with Crippen LogP contribution < -0.4 is 0 Å². The van der Waals surface area contributed by atoms with Crippen LogP contribution in [0.5, 0.6) is 0 Å². The van der Waals surface area contributed by atoms with Gasteiger partial charge in [-0.25, -0.2) is 0 Å². The van der Waals surface area contributed by atoms with Crippen LogP contribution in [-0.2, 0) is 0 Å². The van der Waals surface area contributed by atoms with Crippen molar-refractivity contribution in [1.29, 1.82) is 0 Å². The maximum atomic E-state index is 3.93. The van der Waals surface area contributed by atoms with Crippen molar-refractivity contribution >= 4 is 0 Å². The second-order valence-corrected chi connectivity index (χ2v) is 9.45. The molecule has 0 heteroatoms.